The fourth-order valence-corrected chi connectivity index (χ4v) is 5.05. The SMILES string of the molecule is COc1ccnc(C(=S)C[C@@H](C)C(=O)O[C@@H](C)C(c2ccc(C)cc2C)c2ccc(C)cc2C)c1O. The first-order valence-corrected chi connectivity index (χ1v) is 12.5. The molecular formula is C30H35NO4S. The lowest BCUT2D eigenvalue weighted by molar-refractivity contribution is -0.153. The third kappa shape index (κ3) is 6.11. The van der Waals surface area contributed by atoms with Crippen LogP contribution in [0.3, 0.4) is 0 Å². The Morgan fingerprint density at radius 1 is 0.972 bits per heavy atom. The normalized spacial score (nSPS) is 12.8. The molecule has 0 radical (unpaired) electrons. The number of benzene rings is 2. The largest absolute Gasteiger partial charge is 0.503 e. The number of aryl methyl sites for hydroxylation is 4. The minimum atomic E-state index is -0.508. The number of methoxy groups -OCH3 is 1. The zero-order valence-corrected chi connectivity index (χ0v) is 22.9. The summed E-state index contributed by atoms with van der Waals surface area (Å²) in [5.41, 5.74) is 7.24. The van der Waals surface area contributed by atoms with Crippen LogP contribution in [-0.2, 0) is 9.53 Å². The van der Waals surface area contributed by atoms with Crippen molar-refractivity contribution in [2.45, 2.75) is 60.0 Å². The summed E-state index contributed by atoms with van der Waals surface area (Å²) in [5, 5.41) is 10.4. The molecule has 3 aromatic rings. The number of aromatic hydroxyl groups is 1. The highest BCUT2D eigenvalue weighted by molar-refractivity contribution is 7.80. The van der Waals surface area contributed by atoms with Crippen LogP contribution in [-0.4, -0.2) is 34.1 Å². The molecule has 6 heteroatoms. The van der Waals surface area contributed by atoms with Crippen LogP contribution in [0.25, 0.3) is 0 Å². The van der Waals surface area contributed by atoms with Crippen molar-refractivity contribution in [2.75, 3.05) is 7.11 Å². The molecule has 0 saturated heterocycles. The molecule has 190 valence electrons. The van der Waals surface area contributed by atoms with Gasteiger partial charge in [-0.3, -0.25) is 9.78 Å². The minimum absolute atomic E-state index is 0.113. The second-order valence-electron chi connectivity index (χ2n) is 9.58. The van der Waals surface area contributed by atoms with Crippen molar-refractivity contribution in [3.05, 3.63) is 87.7 Å². The van der Waals surface area contributed by atoms with Crippen LogP contribution in [0.4, 0.5) is 0 Å². The lowest BCUT2D eigenvalue weighted by Gasteiger charge is -2.29. The molecule has 0 bridgehead atoms. The molecule has 1 heterocycles. The van der Waals surface area contributed by atoms with Gasteiger partial charge in [0, 0.05) is 23.0 Å². The molecule has 2 aromatic carbocycles. The van der Waals surface area contributed by atoms with Gasteiger partial charge in [0.25, 0.3) is 0 Å². The number of pyridine rings is 1. The van der Waals surface area contributed by atoms with E-state index in [1.807, 2.05) is 6.92 Å². The fourth-order valence-electron chi connectivity index (χ4n) is 4.65. The molecule has 0 aliphatic rings. The van der Waals surface area contributed by atoms with E-state index in [0.29, 0.717) is 4.86 Å². The number of hydrogen-bond acceptors (Lipinski definition) is 6. The predicted octanol–water partition coefficient (Wildman–Crippen LogP) is 6.54. The van der Waals surface area contributed by atoms with Gasteiger partial charge in [-0.2, -0.15) is 0 Å². The van der Waals surface area contributed by atoms with Gasteiger partial charge in [0.15, 0.2) is 11.5 Å². The average molecular weight is 506 g/mol. The summed E-state index contributed by atoms with van der Waals surface area (Å²) >= 11 is 5.50. The smallest absolute Gasteiger partial charge is 0.309 e. The first-order chi connectivity index (χ1) is 17.0. The predicted molar refractivity (Wildman–Crippen MR) is 147 cm³/mol. The number of nitrogens with zero attached hydrogens (tertiary/aromatic N) is 1. The van der Waals surface area contributed by atoms with Crippen molar-refractivity contribution in [2.24, 2.45) is 5.92 Å². The highest BCUT2D eigenvalue weighted by Crippen LogP contribution is 2.35. The minimum Gasteiger partial charge on any atom is -0.503 e. The summed E-state index contributed by atoms with van der Waals surface area (Å²) in [6.45, 7) is 12.1. The molecule has 0 saturated carbocycles. The number of carbonyl (C=O) groups is 1. The Bertz CT molecular complexity index is 1220. The van der Waals surface area contributed by atoms with Crippen molar-refractivity contribution in [1.29, 1.82) is 0 Å². The van der Waals surface area contributed by atoms with Crippen molar-refractivity contribution < 1.29 is 19.4 Å². The number of rotatable bonds is 9. The summed E-state index contributed by atoms with van der Waals surface area (Å²) in [6, 6.07) is 14.3. The molecule has 0 amide bonds. The fraction of sp³-hybridized carbons (Fsp3) is 0.367. The van der Waals surface area contributed by atoms with Crippen LogP contribution in [0.1, 0.15) is 65.3 Å². The first kappa shape index (κ1) is 27.3. The van der Waals surface area contributed by atoms with Gasteiger partial charge < -0.3 is 14.6 Å². The average Bonchev–Trinajstić information content (AvgIpc) is 2.81. The Morgan fingerprint density at radius 3 is 2.03 bits per heavy atom. The molecule has 36 heavy (non-hydrogen) atoms. The monoisotopic (exact) mass is 505 g/mol. The Balaban J connectivity index is 1.84. The molecule has 2 atom stereocenters. The standard InChI is InChI=1S/C30H35NO4S/c1-17-8-10-23(19(3)14-17)27(24-11-9-18(2)15-20(24)4)22(6)35-30(33)21(5)16-26(36)28-29(32)25(34-7)12-13-31-28/h8-15,21-22,27,32H,16H2,1-7H3/t21-,22+/m1/s1. The van der Waals surface area contributed by atoms with Crippen LogP contribution < -0.4 is 4.74 Å². The number of carbonyl (C=O) groups excluding carboxylic acids is 1. The van der Waals surface area contributed by atoms with E-state index in [0.717, 1.165) is 22.3 Å². The van der Waals surface area contributed by atoms with Crippen molar-refractivity contribution >= 4 is 23.1 Å². The third-order valence-electron chi connectivity index (χ3n) is 6.56. The number of thiocarbonyl (C=S) groups is 1. The summed E-state index contributed by atoms with van der Waals surface area (Å²) in [7, 11) is 1.46. The molecule has 1 N–H and O–H groups in total. The van der Waals surface area contributed by atoms with Gasteiger partial charge in [0.05, 0.1) is 13.0 Å². The van der Waals surface area contributed by atoms with Crippen LogP contribution >= 0.6 is 12.2 Å². The van der Waals surface area contributed by atoms with E-state index in [2.05, 4.69) is 69.1 Å². The van der Waals surface area contributed by atoms with Gasteiger partial charge in [-0.15, -0.1) is 0 Å². The van der Waals surface area contributed by atoms with E-state index in [1.165, 1.54) is 24.4 Å². The van der Waals surface area contributed by atoms with Gasteiger partial charge in [-0.25, -0.2) is 0 Å². The van der Waals surface area contributed by atoms with Crippen molar-refractivity contribution in [3.63, 3.8) is 0 Å². The Hall–Kier alpha value is -3.25. The van der Waals surface area contributed by atoms with Gasteiger partial charge in [0.2, 0.25) is 0 Å². The molecule has 0 aliphatic carbocycles. The lowest BCUT2D eigenvalue weighted by atomic mass is 9.82. The molecule has 0 spiro atoms. The van der Waals surface area contributed by atoms with Gasteiger partial charge >= 0.3 is 5.97 Å². The summed E-state index contributed by atoms with van der Waals surface area (Å²) < 4.78 is 11.2. The number of esters is 1. The van der Waals surface area contributed by atoms with Crippen LogP contribution in [0.5, 0.6) is 11.5 Å². The number of aromatic nitrogens is 1. The molecular weight excluding hydrogens is 470 g/mol. The molecule has 0 unspecified atom stereocenters. The van der Waals surface area contributed by atoms with E-state index in [-0.39, 0.29) is 35.5 Å². The number of ether oxygens (including phenoxy) is 2. The zero-order valence-electron chi connectivity index (χ0n) is 22.1. The van der Waals surface area contributed by atoms with E-state index >= 15 is 0 Å². The van der Waals surface area contributed by atoms with Gasteiger partial charge in [-0.05, 0) is 63.3 Å². The van der Waals surface area contributed by atoms with E-state index in [1.54, 1.807) is 13.0 Å². The molecule has 1 aromatic heterocycles. The Labute approximate surface area is 219 Å². The third-order valence-corrected chi connectivity index (χ3v) is 6.92. The first-order valence-electron chi connectivity index (χ1n) is 12.1. The molecule has 3 rings (SSSR count). The maximum Gasteiger partial charge on any atom is 0.309 e. The maximum atomic E-state index is 13.2. The molecule has 5 nitrogen and oxygen atoms in total. The second-order valence-corrected chi connectivity index (χ2v) is 10.1. The van der Waals surface area contributed by atoms with Crippen LogP contribution in [0.15, 0.2) is 48.7 Å². The maximum absolute atomic E-state index is 13.2. The highest BCUT2D eigenvalue weighted by Gasteiger charge is 2.29. The van der Waals surface area contributed by atoms with Crippen molar-refractivity contribution in [3.8, 4) is 11.5 Å². The Morgan fingerprint density at radius 2 is 1.53 bits per heavy atom. The van der Waals surface area contributed by atoms with Crippen LogP contribution in [0.2, 0.25) is 0 Å². The summed E-state index contributed by atoms with van der Waals surface area (Å²) in [4.78, 5) is 17.7. The highest BCUT2D eigenvalue weighted by atomic mass is 32.1. The molecule has 0 fully saturated rings. The zero-order chi connectivity index (χ0) is 26.6. The summed E-state index contributed by atoms with van der Waals surface area (Å²) in [5.74, 6) is -0.795. The number of hydrogen-bond donors (Lipinski definition) is 1. The van der Waals surface area contributed by atoms with Crippen LogP contribution in [0, 0.1) is 33.6 Å². The van der Waals surface area contributed by atoms with Gasteiger partial charge in [-0.1, -0.05) is 66.7 Å². The van der Waals surface area contributed by atoms with E-state index < -0.39 is 12.0 Å². The Kier molecular flexibility index (Phi) is 8.85. The van der Waals surface area contributed by atoms with Crippen molar-refractivity contribution in [1.82, 2.24) is 4.98 Å². The lowest BCUT2D eigenvalue weighted by Crippen LogP contribution is -2.28. The molecule has 0 aliphatic heterocycles. The topological polar surface area (TPSA) is 68.7 Å². The second kappa shape index (κ2) is 11.7. The van der Waals surface area contributed by atoms with E-state index in [9.17, 15) is 9.90 Å². The van der Waals surface area contributed by atoms with Gasteiger partial charge in [0.1, 0.15) is 11.8 Å². The van der Waals surface area contributed by atoms with E-state index in [4.69, 9.17) is 21.7 Å². The quantitative estimate of drug-likeness (QED) is 0.202. The summed E-state index contributed by atoms with van der Waals surface area (Å²) in [6.07, 6.45) is 1.34.